The summed E-state index contributed by atoms with van der Waals surface area (Å²) < 4.78 is 49.4. The molecule has 1 saturated heterocycles. The van der Waals surface area contributed by atoms with E-state index >= 15 is 4.39 Å². The Hall–Kier alpha value is -5.88. The zero-order valence-corrected chi connectivity index (χ0v) is 35.3. The summed E-state index contributed by atoms with van der Waals surface area (Å²) in [6, 6.07) is 25.7. The van der Waals surface area contributed by atoms with Crippen LogP contribution in [0.25, 0.3) is 11.2 Å². The molecule has 2 aromatic heterocycles. The number of aromatic nitrogens is 4. The summed E-state index contributed by atoms with van der Waals surface area (Å²) in [6.07, 6.45) is 10.3. The van der Waals surface area contributed by atoms with Crippen LogP contribution >= 0.6 is 0 Å². The molecular weight excluding hydrogens is 782 g/mol. The first kappa shape index (κ1) is 44.7. The lowest BCUT2D eigenvalue weighted by Crippen LogP contribution is -2.53. The second-order valence-electron chi connectivity index (χ2n) is 16.1. The summed E-state index contributed by atoms with van der Waals surface area (Å²) >= 11 is 0. The predicted molar refractivity (Wildman–Crippen MR) is 227 cm³/mol. The normalized spacial score (nSPS) is 20.2. The summed E-state index contributed by atoms with van der Waals surface area (Å²) in [6.45, 7) is 6.38. The van der Waals surface area contributed by atoms with Gasteiger partial charge < -0.3 is 28.8 Å². The molecular formula is C47H54FN5O8. The Kier molecular flexibility index (Phi) is 14.1. The zero-order chi connectivity index (χ0) is 43.7. The molecule has 1 amide bonds. The lowest BCUT2D eigenvalue weighted by atomic mass is 9.80. The number of nitrogens with one attached hydrogen (secondary N) is 1. The molecule has 0 spiro atoms. The number of hydrogen-bond donors (Lipinski definition) is 2. The Balaban J connectivity index is 1.41. The summed E-state index contributed by atoms with van der Waals surface area (Å²) in [7, 11) is 1.56. The SMILES string of the molecule is C#CC1(O)C(n2cnc3c(NC(=O)OC(C)(C)C)ncnc32)OC(F)(COC(c2ccccc2)(c2ccccc2)c2ccc(OC)cc2)C1OC(=O)CCCCCCCCC. The van der Waals surface area contributed by atoms with Gasteiger partial charge in [-0.15, -0.1) is 6.42 Å². The Bertz CT molecular complexity index is 2240. The lowest BCUT2D eigenvalue weighted by Gasteiger charge is -2.38. The van der Waals surface area contributed by atoms with Crippen molar-refractivity contribution >= 4 is 29.0 Å². The fourth-order valence-electron chi connectivity index (χ4n) is 7.56. The number of carbonyl (C=O) groups is 2. The van der Waals surface area contributed by atoms with Gasteiger partial charge in [0.25, 0.3) is 5.85 Å². The van der Waals surface area contributed by atoms with E-state index in [1.54, 1.807) is 40.0 Å². The molecule has 0 aliphatic carbocycles. The number of hydrogen-bond acceptors (Lipinski definition) is 11. The van der Waals surface area contributed by atoms with E-state index in [0.717, 1.165) is 44.9 Å². The molecule has 13 nitrogen and oxygen atoms in total. The topological polar surface area (TPSA) is 156 Å². The number of methoxy groups -OCH3 is 1. The van der Waals surface area contributed by atoms with Crippen molar-refractivity contribution in [2.75, 3.05) is 19.0 Å². The van der Waals surface area contributed by atoms with Crippen LogP contribution in [0.4, 0.5) is 15.0 Å². The number of amides is 1. The van der Waals surface area contributed by atoms with E-state index < -0.39 is 53.7 Å². The van der Waals surface area contributed by atoms with Crippen LogP contribution in [0.15, 0.2) is 97.6 Å². The number of anilines is 1. The van der Waals surface area contributed by atoms with Crippen LogP contribution in [0.3, 0.4) is 0 Å². The van der Waals surface area contributed by atoms with Gasteiger partial charge in [-0.05, 0) is 56.0 Å². The minimum atomic E-state index is -3.08. The van der Waals surface area contributed by atoms with Gasteiger partial charge in [0.2, 0.25) is 11.7 Å². The smallest absolute Gasteiger partial charge is 0.413 e. The number of aliphatic hydroxyl groups is 1. The maximum atomic E-state index is 18.4. The van der Waals surface area contributed by atoms with Gasteiger partial charge in [0, 0.05) is 6.42 Å². The predicted octanol–water partition coefficient (Wildman–Crippen LogP) is 8.80. The molecule has 1 aliphatic rings. The van der Waals surface area contributed by atoms with Crippen molar-refractivity contribution in [1.29, 1.82) is 0 Å². The van der Waals surface area contributed by atoms with Crippen LogP contribution in [0.2, 0.25) is 0 Å². The number of ether oxygens (including phenoxy) is 5. The second kappa shape index (κ2) is 19.2. The number of fused-ring (bicyclic) bond motifs is 1. The molecule has 2 N–H and O–H groups in total. The Morgan fingerprint density at radius 1 is 0.902 bits per heavy atom. The number of halogens is 1. The molecule has 0 saturated carbocycles. The molecule has 4 atom stereocenters. The Labute approximate surface area is 356 Å². The van der Waals surface area contributed by atoms with Crippen molar-refractivity contribution in [2.24, 2.45) is 0 Å². The van der Waals surface area contributed by atoms with E-state index in [1.807, 2.05) is 72.8 Å². The van der Waals surface area contributed by atoms with Gasteiger partial charge in [-0.25, -0.2) is 24.1 Å². The molecule has 0 radical (unpaired) electrons. The zero-order valence-electron chi connectivity index (χ0n) is 35.3. The molecule has 14 heteroatoms. The number of benzene rings is 3. The highest BCUT2D eigenvalue weighted by Crippen LogP contribution is 2.50. The number of rotatable bonds is 18. The first-order valence-corrected chi connectivity index (χ1v) is 20.6. The highest BCUT2D eigenvalue weighted by Gasteiger charge is 2.68. The first-order valence-electron chi connectivity index (χ1n) is 20.6. The van der Waals surface area contributed by atoms with E-state index in [9.17, 15) is 14.7 Å². The van der Waals surface area contributed by atoms with Gasteiger partial charge in [0.15, 0.2) is 23.2 Å². The number of carbonyl (C=O) groups excluding carboxylic acids is 2. The van der Waals surface area contributed by atoms with E-state index in [2.05, 4.69) is 33.1 Å². The molecule has 61 heavy (non-hydrogen) atoms. The quantitative estimate of drug-likeness (QED) is 0.0377. The molecule has 5 aromatic rings. The van der Waals surface area contributed by atoms with Crippen LogP contribution in [-0.4, -0.2) is 73.6 Å². The summed E-state index contributed by atoms with van der Waals surface area (Å²) in [4.78, 5) is 39.2. The van der Waals surface area contributed by atoms with Gasteiger partial charge in [-0.3, -0.25) is 14.7 Å². The standard InChI is InChI=1S/C47H54FN5O8/c1-7-9-10-11-12-13-20-25-37(54)59-41-45(56,8-2)42(53-32-51-38-39(49-31-50-40(38)53)52-43(55)61-44(3,4)5)60-46(41,48)30-58-47(33-21-16-14-17-22-33,34-23-18-15-19-24-34)35-26-28-36(57-6)29-27-35/h2,14-19,21-24,26-29,31-32,41-42,56H,7,9-13,20,25,30H2,1,3-6H3,(H,49,50,52,55). The number of unbranched alkanes of at least 4 members (excludes halogenated alkanes) is 6. The molecule has 3 aromatic carbocycles. The first-order chi connectivity index (χ1) is 29.3. The third kappa shape index (κ3) is 9.86. The Morgan fingerprint density at radius 2 is 1.51 bits per heavy atom. The fourth-order valence-corrected chi connectivity index (χ4v) is 7.56. The summed E-state index contributed by atoms with van der Waals surface area (Å²) in [5.41, 5.74) is -2.96. The van der Waals surface area contributed by atoms with Crippen LogP contribution in [0.5, 0.6) is 5.75 Å². The minimum Gasteiger partial charge on any atom is -0.497 e. The van der Waals surface area contributed by atoms with Crippen LogP contribution in [0, 0.1) is 12.3 Å². The van der Waals surface area contributed by atoms with Crippen molar-refractivity contribution in [3.8, 4) is 18.1 Å². The van der Waals surface area contributed by atoms with Gasteiger partial charge in [0.1, 0.15) is 29.9 Å². The van der Waals surface area contributed by atoms with Crippen LogP contribution in [0.1, 0.15) is 102 Å². The monoisotopic (exact) mass is 835 g/mol. The highest BCUT2D eigenvalue weighted by atomic mass is 19.2. The minimum absolute atomic E-state index is 0.0132. The lowest BCUT2D eigenvalue weighted by molar-refractivity contribution is -0.235. The maximum Gasteiger partial charge on any atom is 0.413 e. The molecule has 322 valence electrons. The summed E-state index contributed by atoms with van der Waals surface area (Å²) in [5, 5.41) is 15.0. The van der Waals surface area contributed by atoms with E-state index in [4.69, 9.17) is 30.1 Å². The van der Waals surface area contributed by atoms with Crippen molar-refractivity contribution in [3.05, 3.63) is 114 Å². The van der Waals surface area contributed by atoms with Crippen molar-refractivity contribution in [1.82, 2.24) is 19.5 Å². The molecule has 1 aliphatic heterocycles. The molecule has 6 rings (SSSR count). The highest BCUT2D eigenvalue weighted by molar-refractivity contribution is 5.93. The van der Waals surface area contributed by atoms with Crippen molar-refractivity contribution in [3.63, 3.8) is 0 Å². The van der Waals surface area contributed by atoms with Gasteiger partial charge >= 0.3 is 12.1 Å². The van der Waals surface area contributed by atoms with Gasteiger partial charge in [-0.1, -0.05) is 124 Å². The summed E-state index contributed by atoms with van der Waals surface area (Å²) in [5.74, 6) is -0.992. The fraction of sp³-hybridized carbons (Fsp3) is 0.426. The average molecular weight is 836 g/mol. The van der Waals surface area contributed by atoms with E-state index in [-0.39, 0.29) is 23.4 Å². The molecule has 0 bridgehead atoms. The van der Waals surface area contributed by atoms with Gasteiger partial charge in [-0.2, -0.15) is 0 Å². The molecule has 4 unspecified atom stereocenters. The van der Waals surface area contributed by atoms with Crippen LogP contribution < -0.4 is 10.1 Å². The van der Waals surface area contributed by atoms with Crippen molar-refractivity contribution in [2.45, 2.75) is 114 Å². The largest absolute Gasteiger partial charge is 0.497 e. The molecule has 3 heterocycles. The third-order valence-corrected chi connectivity index (χ3v) is 10.5. The number of esters is 1. The molecule has 1 fully saturated rings. The number of terminal acetylenes is 1. The van der Waals surface area contributed by atoms with Gasteiger partial charge in [0.05, 0.1) is 13.4 Å². The van der Waals surface area contributed by atoms with E-state index in [0.29, 0.717) is 28.9 Å². The second-order valence-corrected chi connectivity index (χ2v) is 16.1. The van der Waals surface area contributed by atoms with Crippen LogP contribution in [-0.2, 0) is 29.3 Å². The number of alkyl halides is 1. The third-order valence-electron chi connectivity index (χ3n) is 10.5. The average Bonchev–Trinajstić information content (AvgIpc) is 3.78. The Morgan fingerprint density at radius 3 is 2.10 bits per heavy atom. The van der Waals surface area contributed by atoms with Crippen molar-refractivity contribution < 1.29 is 42.8 Å². The maximum absolute atomic E-state index is 18.4. The number of imidazole rings is 1. The number of nitrogens with zero attached hydrogens (tertiary/aromatic N) is 4. The van der Waals surface area contributed by atoms with E-state index in [1.165, 1.54) is 10.9 Å².